The number of anilines is 1. The standard InChI is InChI=1S/C37H50N4O3S/c1-8-41(9-2)36(42)37(5,6)30-15-18-34-33(25-30)32(35(39-34)29-23-26(3)22-27(4)24-29)19-21-38-20-11-10-12-28-13-16-31(17-14-28)40-45(7,43)44/h13-18,22-25,38-40H,8-12,19-21H2,1-7H3. The minimum Gasteiger partial charge on any atom is -0.354 e. The Balaban J connectivity index is 1.47. The van der Waals surface area contributed by atoms with Gasteiger partial charge in [0.05, 0.1) is 11.7 Å². The van der Waals surface area contributed by atoms with Crippen LogP contribution in [-0.2, 0) is 33.1 Å². The third-order valence-electron chi connectivity index (χ3n) is 8.60. The van der Waals surface area contributed by atoms with E-state index in [9.17, 15) is 13.2 Å². The Morgan fingerprint density at radius 2 is 1.53 bits per heavy atom. The van der Waals surface area contributed by atoms with E-state index >= 15 is 0 Å². The Bertz CT molecular complexity index is 1700. The summed E-state index contributed by atoms with van der Waals surface area (Å²) in [5.74, 6) is 0.154. The number of nitrogens with one attached hydrogen (secondary N) is 3. The molecule has 45 heavy (non-hydrogen) atoms. The SMILES string of the molecule is CCN(CC)C(=O)C(C)(C)c1ccc2[nH]c(-c3cc(C)cc(C)c3)c(CCNCCCCc3ccc(NS(C)(=O)=O)cc3)c2c1. The summed E-state index contributed by atoms with van der Waals surface area (Å²) in [4.78, 5) is 19.1. The molecule has 1 amide bonds. The summed E-state index contributed by atoms with van der Waals surface area (Å²) in [5.41, 5.74) is 9.38. The van der Waals surface area contributed by atoms with Gasteiger partial charge in [-0.1, -0.05) is 35.4 Å². The van der Waals surface area contributed by atoms with Gasteiger partial charge in [-0.3, -0.25) is 9.52 Å². The molecule has 0 saturated carbocycles. The molecule has 7 nitrogen and oxygen atoms in total. The van der Waals surface area contributed by atoms with Gasteiger partial charge in [0, 0.05) is 35.4 Å². The van der Waals surface area contributed by atoms with Crippen LogP contribution in [0.3, 0.4) is 0 Å². The van der Waals surface area contributed by atoms with Gasteiger partial charge in [-0.05, 0) is 139 Å². The highest BCUT2D eigenvalue weighted by atomic mass is 32.2. The molecule has 8 heteroatoms. The maximum Gasteiger partial charge on any atom is 0.232 e. The Morgan fingerprint density at radius 3 is 2.16 bits per heavy atom. The number of carbonyl (C=O) groups is 1. The second-order valence-corrected chi connectivity index (χ2v) is 14.5. The number of unbranched alkanes of at least 4 members (excludes halogenated alkanes) is 1. The molecule has 3 N–H and O–H groups in total. The maximum absolute atomic E-state index is 13.5. The summed E-state index contributed by atoms with van der Waals surface area (Å²) in [6.07, 6.45) is 5.07. The zero-order valence-corrected chi connectivity index (χ0v) is 28.8. The number of amides is 1. The predicted molar refractivity (Wildman–Crippen MR) is 189 cm³/mol. The van der Waals surface area contributed by atoms with E-state index in [1.54, 1.807) is 0 Å². The minimum absolute atomic E-state index is 0.154. The van der Waals surface area contributed by atoms with Crippen molar-refractivity contribution in [2.45, 2.75) is 72.6 Å². The van der Waals surface area contributed by atoms with Crippen LogP contribution in [0.15, 0.2) is 60.7 Å². The molecule has 0 aliphatic carbocycles. The number of rotatable bonds is 15. The monoisotopic (exact) mass is 630 g/mol. The fourth-order valence-electron chi connectivity index (χ4n) is 6.16. The van der Waals surface area contributed by atoms with Gasteiger partial charge in [0.15, 0.2) is 0 Å². The van der Waals surface area contributed by atoms with E-state index in [0.29, 0.717) is 18.8 Å². The summed E-state index contributed by atoms with van der Waals surface area (Å²) < 4.78 is 25.4. The highest BCUT2D eigenvalue weighted by Gasteiger charge is 2.33. The van der Waals surface area contributed by atoms with Crippen LogP contribution in [0.5, 0.6) is 0 Å². The van der Waals surface area contributed by atoms with Crippen LogP contribution in [-0.4, -0.2) is 56.6 Å². The van der Waals surface area contributed by atoms with Gasteiger partial charge in [0.25, 0.3) is 0 Å². The Hall–Kier alpha value is -3.62. The number of sulfonamides is 1. The van der Waals surface area contributed by atoms with E-state index < -0.39 is 15.4 Å². The van der Waals surface area contributed by atoms with Crippen LogP contribution >= 0.6 is 0 Å². The molecular weight excluding hydrogens is 580 g/mol. The lowest BCUT2D eigenvalue weighted by Crippen LogP contribution is -2.43. The second-order valence-electron chi connectivity index (χ2n) is 12.7. The Morgan fingerprint density at radius 1 is 0.867 bits per heavy atom. The molecular formula is C37H50N4O3S. The largest absolute Gasteiger partial charge is 0.354 e. The van der Waals surface area contributed by atoms with Crippen LogP contribution in [0.25, 0.3) is 22.2 Å². The Kier molecular flexibility index (Phi) is 11.2. The zero-order valence-electron chi connectivity index (χ0n) is 28.0. The highest BCUT2D eigenvalue weighted by molar-refractivity contribution is 7.92. The summed E-state index contributed by atoms with van der Waals surface area (Å²) in [6.45, 7) is 15.6. The van der Waals surface area contributed by atoms with Gasteiger partial charge in [0.2, 0.25) is 15.9 Å². The van der Waals surface area contributed by atoms with Crippen molar-refractivity contribution in [3.63, 3.8) is 0 Å². The molecule has 0 unspecified atom stereocenters. The maximum atomic E-state index is 13.5. The van der Waals surface area contributed by atoms with Crippen LogP contribution < -0.4 is 10.0 Å². The number of hydrogen-bond donors (Lipinski definition) is 3. The average molecular weight is 631 g/mol. The fourth-order valence-corrected chi connectivity index (χ4v) is 6.73. The normalized spacial score (nSPS) is 12.1. The number of H-pyrrole nitrogens is 1. The van der Waals surface area contributed by atoms with Gasteiger partial charge in [-0.2, -0.15) is 0 Å². The molecule has 0 fully saturated rings. The topological polar surface area (TPSA) is 94.3 Å². The number of aromatic nitrogens is 1. The van der Waals surface area contributed by atoms with Crippen molar-refractivity contribution in [3.05, 3.63) is 88.5 Å². The molecule has 0 bridgehead atoms. The quantitative estimate of drug-likeness (QED) is 0.122. The smallest absolute Gasteiger partial charge is 0.232 e. The van der Waals surface area contributed by atoms with Gasteiger partial charge < -0.3 is 15.2 Å². The van der Waals surface area contributed by atoms with E-state index in [-0.39, 0.29) is 5.91 Å². The van der Waals surface area contributed by atoms with Gasteiger partial charge in [0.1, 0.15) is 0 Å². The van der Waals surface area contributed by atoms with Crippen molar-refractivity contribution >= 4 is 32.5 Å². The lowest BCUT2D eigenvalue weighted by molar-refractivity contribution is -0.135. The lowest BCUT2D eigenvalue weighted by atomic mass is 9.82. The molecule has 242 valence electrons. The van der Waals surface area contributed by atoms with Gasteiger partial charge in [-0.15, -0.1) is 0 Å². The summed E-state index contributed by atoms with van der Waals surface area (Å²) >= 11 is 0. The van der Waals surface area contributed by atoms with Crippen molar-refractivity contribution in [1.29, 1.82) is 0 Å². The molecule has 0 radical (unpaired) electrons. The van der Waals surface area contributed by atoms with E-state index in [0.717, 1.165) is 61.8 Å². The van der Waals surface area contributed by atoms with Crippen LogP contribution in [0, 0.1) is 13.8 Å². The summed E-state index contributed by atoms with van der Waals surface area (Å²) in [5, 5.41) is 4.83. The lowest BCUT2D eigenvalue weighted by Gasteiger charge is -2.31. The summed E-state index contributed by atoms with van der Waals surface area (Å²) in [7, 11) is -3.26. The van der Waals surface area contributed by atoms with E-state index in [1.165, 1.54) is 33.2 Å². The Labute approximate surface area is 269 Å². The first-order chi connectivity index (χ1) is 21.3. The van der Waals surface area contributed by atoms with E-state index in [2.05, 4.69) is 65.3 Å². The predicted octanol–water partition coefficient (Wildman–Crippen LogP) is 7.12. The second kappa shape index (κ2) is 14.6. The number of benzene rings is 3. The number of hydrogen-bond acceptors (Lipinski definition) is 4. The third kappa shape index (κ3) is 8.76. The number of carbonyl (C=O) groups excluding carboxylic acids is 1. The van der Waals surface area contributed by atoms with E-state index in [4.69, 9.17) is 0 Å². The molecule has 0 spiro atoms. The first kappa shape index (κ1) is 34.3. The molecule has 0 saturated heterocycles. The average Bonchev–Trinajstić information content (AvgIpc) is 3.34. The van der Waals surface area contributed by atoms with Crippen molar-refractivity contribution in [2.75, 3.05) is 37.2 Å². The summed E-state index contributed by atoms with van der Waals surface area (Å²) in [6, 6.07) is 20.7. The zero-order chi connectivity index (χ0) is 32.8. The first-order valence-corrected chi connectivity index (χ1v) is 18.0. The van der Waals surface area contributed by atoms with Gasteiger partial charge in [-0.25, -0.2) is 8.42 Å². The molecule has 1 heterocycles. The molecule has 1 aromatic heterocycles. The number of aryl methyl sites for hydroxylation is 3. The fraction of sp³-hybridized carbons (Fsp3) is 0.432. The highest BCUT2D eigenvalue weighted by Crippen LogP contribution is 2.35. The number of fused-ring (bicyclic) bond motifs is 1. The van der Waals surface area contributed by atoms with Crippen molar-refractivity contribution in [3.8, 4) is 11.3 Å². The molecule has 4 rings (SSSR count). The molecule has 0 aliphatic rings. The number of nitrogens with zero attached hydrogens (tertiary/aromatic N) is 1. The van der Waals surface area contributed by atoms with Crippen molar-refractivity contribution in [2.24, 2.45) is 0 Å². The first-order valence-electron chi connectivity index (χ1n) is 16.1. The van der Waals surface area contributed by atoms with Gasteiger partial charge >= 0.3 is 0 Å². The molecule has 3 aromatic carbocycles. The van der Waals surface area contributed by atoms with Crippen LogP contribution in [0.4, 0.5) is 5.69 Å². The number of aromatic amines is 1. The van der Waals surface area contributed by atoms with Crippen LogP contribution in [0.2, 0.25) is 0 Å². The van der Waals surface area contributed by atoms with Crippen LogP contribution in [0.1, 0.15) is 68.4 Å². The minimum atomic E-state index is -3.26. The third-order valence-corrected chi connectivity index (χ3v) is 9.21. The van der Waals surface area contributed by atoms with Crippen molar-refractivity contribution in [1.82, 2.24) is 15.2 Å². The molecule has 0 atom stereocenters. The van der Waals surface area contributed by atoms with E-state index in [1.807, 2.05) is 56.9 Å². The molecule has 0 aliphatic heterocycles. The molecule has 4 aromatic rings. The number of likely N-dealkylation sites (N-methyl/N-ethyl adjacent to an activating group) is 1. The van der Waals surface area contributed by atoms with Crippen molar-refractivity contribution < 1.29 is 13.2 Å².